The highest BCUT2D eigenvalue weighted by Crippen LogP contribution is 2.48. The predicted octanol–water partition coefficient (Wildman–Crippen LogP) is 1.83. The average Bonchev–Trinajstić information content (AvgIpc) is 3.31. The summed E-state index contributed by atoms with van der Waals surface area (Å²) in [5.41, 5.74) is 0.706. The zero-order valence-electron chi connectivity index (χ0n) is 12.9. The van der Waals surface area contributed by atoms with Gasteiger partial charge in [0, 0.05) is 24.9 Å². The van der Waals surface area contributed by atoms with E-state index >= 15 is 0 Å². The molecule has 124 valence electrons. The van der Waals surface area contributed by atoms with Gasteiger partial charge in [0.05, 0.1) is 0 Å². The molecule has 6 heteroatoms. The third-order valence-corrected chi connectivity index (χ3v) is 5.37. The van der Waals surface area contributed by atoms with Crippen LogP contribution in [0, 0.1) is 0 Å². The van der Waals surface area contributed by atoms with E-state index in [0.717, 1.165) is 12.8 Å². The van der Waals surface area contributed by atoms with E-state index in [-0.39, 0.29) is 12.7 Å². The van der Waals surface area contributed by atoms with Crippen LogP contribution in [0.1, 0.15) is 24.3 Å². The molecule has 3 saturated heterocycles. The summed E-state index contributed by atoms with van der Waals surface area (Å²) >= 11 is 0. The molecule has 0 N–H and O–H groups in total. The lowest BCUT2D eigenvalue weighted by Crippen LogP contribution is -2.48. The van der Waals surface area contributed by atoms with Gasteiger partial charge in [0.2, 0.25) is 0 Å². The number of likely N-dealkylation sites (N-methyl/N-ethyl adjacent to an activating group) is 1. The molecule has 2 bridgehead atoms. The Bertz CT molecular complexity index is 565. The summed E-state index contributed by atoms with van der Waals surface area (Å²) in [7, 11) is 2.10. The number of halogens is 1. The van der Waals surface area contributed by atoms with Crippen molar-refractivity contribution in [2.75, 3.05) is 13.7 Å². The van der Waals surface area contributed by atoms with Crippen molar-refractivity contribution < 1.29 is 23.7 Å². The standard InChI is InChI=1S/C17H20FNO4/c1-19-13-7-11(8-14(19)16-15(13)23-16)22-17(20)12(9-21-18)10-5-3-2-4-6-10/h2-6,11-16H,7-9H2,1H3/t11-,12-,13-,14+,15-,16+/m1/s1. The van der Waals surface area contributed by atoms with Crippen molar-refractivity contribution in [2.45, 2.75) is 49.2 Å². The van der Waals surface area contributed by atoms with Gasteiger partial charge in [0.25, 0.3) is 0 Å². The van der Waals surface area contributed by atoms with E-state index in [4.69, 9.17) is 9.47 Å². The first-order valence-electron chi connectivity index (χ1n) is 8.05. The van der Waals surface area contributed by atoms with Crippen molar-refractivity contribution in [1.82, 2.24) is 4.90 Å². The van der Waals surface area contributed by atoms with Gasteiger partial charge in [-0.2, -0.15) is 4.94 Å². The van der Waals surface area contributed by atoms with Crippen molar-refractivity contribution in [2.24, 2.45) is 0 Å². The molecule has 1 aromatic rings. The van der Waals surface area contributed by atoms with Crippen LogP contribution in [-0.4, -0.2) is 54.9 Å². The molecule has 4 rings (SSSR count). The number of ether oxygens (including phenoxy) is 2. The summed E-state index contributed by atoms with van der Waals surface area (Å²) in [5, 5.41) is 0. The van der Waals surface area contributed by atoms with Gasteiger partial charge in [-0.05, 0) is 17.1 Å². The first-order valence-corrected chi connectivity index (χ1v) is 8.05. The summed E-state index contributed by atoms with van der Waals surface area (Å²) in [6.07, 6.45) is 2.02. The van der Waals surface area contributed by atoms with Gasteiger partial charge in [0.1, 0.15) is 30.8 Å². The number of morpholine rings is 1. The normalized spacial score (nSPS) is 36.3. The van der Waals surface area contributed by atoms with Gasteiger partial charge in [-0.25, -0.2) is 0 Å². The van der Waals surface area contributed by atoms with Crippen LogP contribution in [0.2, 0.25) is 0 Å². The number of hydrogen-bond acceptors (Lipinski definition) is 5. The monoisotopic (exact) mass is 321 g/mol. The number of benzene rings is 1. The molecule has 3 aliphatic heterocycles. The highest BCUT2D eigenvalue weighted by molar-refractivity contribution is 5.78. The molecule has 3 fully saturated rings. The minimum absolute atomic E-state index is 0.129. The molecule has 0 radical (unpaired) electrons. The Morgan fingerprint density at radius 1 is 1.30 bits per heavy atom. The molecule has 3 aliphatic rings. The minimum atomic E-state index is -0.732. The van der Waals surface area contributed by atoms with Gasteiger partial charge >= 0.3 is 5.97 Å². The predicted molar refractivity (Wildman–Crippen MR) is 79.4 cm³/mol. The smallest absolute Gasteiger partial charge is 0.316 e. The van der Waals surface area contributed by atoms with E-state index in [0.29, 0.717) is 29.9 Å². The van der Waals surface area contributed by atoms with Gasteiger partial charge < -0.3 is 9.47 Å². The summed E-state index contributed by atoms with van der Waals surface area (Å²) in [6, 6.07) is 9.69. The Hall–Kier alpha value is -1.50. The zero-order valence-corrected chi connectivity index (χ0v) is 12.9. The van der Waals surface area contributed by atoms with Gasteiger partial charge in [-0.1, -0.05) is 30.3 Å². The van der Waals surface area contributed by atoms with Crippen molar-refractivity contribution in [3.05, 3.63) is 35.9 Å². The van der Waals surface area contributed by atoms with Crippen LogP contribution in [0.5, 0.6) is 0 Å². The number of carbonyl (C=O) groups is 1. The van der Waals surface area contributed by atoms with Crippen molar-refractivity contribution in [3.63, 3.8) is 0 Å². The maximum Gasteiger partial charge on any atom is 0.316 e. The molecule has 0 amide bonds. The SMILES string of the molecule is CN1[C@@H]2C[C@@H](OC(=O)[C@H](COF)c3ccccc3)C[C@H]1[C@@H]1O[C@@H]12. The first kappa shape index (κ1) is 15.1. The summed E-state index contributed by atoms with van der Waals surface area (Å²) in [5.74, 6) is -1.15. The fraction of sp³-hybridized carbons (Fsp3) is 0.588. The van der Waals surface area contributed by atoms with Crippen LogP contribution in [0.3, 0.4) is 0 Å². The third-order valence-electron chi connectivity index (χ3n) is 5.37. The van der Waals surface area contributed by atoms with Crippen LogP contribution in [0.15, 0.2) is 30.3 Å². The highest BCUT2D eigenvalue weighted by Gasteiger charge is 2.62. The van der Waals surface area contributed by atoms with E-state index in [1.165, 1.54) is 0 Å². The van der Waals surface area contributed by atoms with E-state index in [1.54, 1.807) is 12.1 Å². The molecule has 0 spiro atoms. The lowest BCUT2D eigenvalue weighted by molar-refractivity contribution is -0.169. The molecule has 0 saturated carbocycles. The van der Waals surface area contributed by atoms with Gasteiger partial charge in [-0.3, -0.25) is 9.69 Å². The van der Waals surface area contributed by atoms with E-state index in [9.17, 15) is 9.32 Å². The number of fused-ring (bicyclic) bond motifs is 5. The van der Waals surface area contributed by atoms with Crippen molar-refractivity contribution in [1.29, 1.82) is 0 Å². The third kappa shape index (κ3) is 2.65. The van der Waals surface area contributed by atoms with E-state index < -0.39 is 11.9 Å². The number of nitrogens with zero attached hydrogens (tertiary/aromatic N) is 1. The second kappa shape index (κ2) is 5.85. The largest absolute Gasteiger partial charge is 0.462 e. The average molecular weight is 321 g/mol. The Kier molecular flexibility index (Phi) is 3.83. The Labute approximate surface area is 134 Å². The molecular weight excluding hydrogens is 301 g/mol. The quantitative estimate of drug-likeness (QED) is 0.612. The number of rotatable bonds is 5. The van der Waals surface area contributed by atoms with Crippen LogP contribution in [0.4, 0.5) is 4.53 Å². The number of epoxide rings is 1. The summed E-state index contributed by atoms with van der Waals surface area (Å²) in [6.45, 7) is -0.323. The van der Waals surface area contributed by atoms with Crippen LogP contribution in [-0.2, 0) is 19.2 Å². The fourth-order valence-corrected chi connectivity index (χ4v) is 4.09. The molecule has 5 nitrogen and oxygen atoms in total. The van der Waals surface area contributed by atoms with Gasteiger partial charge in [-0.15, -0.1) is 0 Å². The maximum absolute atomic E-state index is 12.5. The van der Waals surface area contributed by atoms with Crippen LogP contribution < -0.4 is 0 Å². The number of piperidine rings is 1. The molecule has 1 aromatic carbocycles. The summed E-state index contributed by atoms with van der Waals surface area (Å²) in [4.78, 5) is 18.6. The van der Waals surface area contributed by atoms with E-state index in [1.807, 2.05) is 18.2 Å². The Balaban J connectivity index is 1.43. The molecule has 0 unspecified atom stereocenters. The first-order chi connectivity index (χ1) is 11.2. The second-order valence-corrected chi connectivity index (χ2v) is 6.63. The van der Waals surface area contributed by atoms with Crippen molar-refractivity contribution in [3.8, 4) is 0 Å². The Morgan fingerprint density at radius 3 is 2.57 bits per heavy atom. The molecule has 3 heterocycles. The highest BCUT2D eigenvalue weighted by atomic mass is 19.3. The topological polar surface area (TPSA) is 51.3 Å². The second-order valence-electron chi connectivity index (χ2n) is 6.63. The molecule has 6 atom stereocenters. The summed E-state index contributed by atoms with van der Waals surface area (Å²) < 4.78 is 23.7. The fourth-order valence-electron chi connectivity index (χ4n) is 4.09. The molecular formula is C17H20FNO4. The molecule has 0 aromatic heterocycles. The maximum atomic E-state index is 12.5. The lowest BCUT2D eigenvalue weighted by atomic mass is 9.97. The molecule has 0 aliphatic carbocycles. The number of hydrogen-bond donors (Lipinski definition) is 0. The van der Waals surface area contributed by atoms with E-state index in [2.05, 4.69) is 16.9 Å². The minimum Gasteiger partial charge on any atom is -0.462 e. The number of esters is 1. The Morgan fingerprint density at radius 2 is 1.96 bits per heavy atom. The van der Waals surface area contributed by atoms with Gasteiger partial charge in [0.15, 0.2) is 0 Å². The lowest BCUT2D eigenvalue weighted by Gasteiger charge is -2.38. The zero-order chi connectivity index (χ0) is 16.0. The van der Waals surface area contributed by atoms with Crippen LogP contribution in [0.25, 0.3) is 0 Å². The van der Waals surface area contributed by atoms with Crippen molar-refractivity contribution >= 4 is 5.97 Å². The number of carbonyl (C=O) groups excluding carboxylic acids is 1. The molecule has 23 heavy (non-hydrogen) atoms. The van der Waals surface area contributed by atoms with Crippen LogP contribution >= 0.6 is 0 Å².